The number of rotatable bonds is 7. The molecule has 0 aliphatic carbocycles. The minimum absolute atomic E-state index is 0.345. The van der Waals surface area contributed by atoms with Gasteiger partial charge in [0.2, 0.25) is 0 Å². The van der Waals surface area contributed by atoms with Crippen molar-refractivity contribution < 1.29 is 9.90 Å². The van der Waals surface area contributed by atoms with Crippen LogP contribution in [-0.4, -0.2) is 59.1 Å². The Labute approximate surface area is 111 Å². The first kappa shape index (κ1) is 15.4. The molecule has 0 aromatic rings. The fraction of sp³-hybridized carbons (Fsp3) is 0.929. The summed E-state index contributed by atoms with van der Waals surface area (Å²) in [6.45, 7) is 10.1. The number of carboxylic acid groups (broad SMARTS) is 1. The number of nitrogens with zero attached hydrogens (tertiary/aromatic N) is 2. The van der Waals surface area contributed by atoms with Crippen molar-refractivity contribution in [2.24, 2.45) is 0 Å². The average Bonchev–Trinajstić information content (AvgIpc) is 2.39. The predicted octanol–water partition coefficient (Wildman–Crippen LogP) is 2.05. The lowest BCUT2D eigenvalue weighted by molar-refractivity contribution is -0.143. The largest absolute Gasteiger partial charge is 0.480 e. The van der Waals surface area contributed by atoms with Gasteiger partial charge in [-0.05, 0) is 19.8 Å². The predicted molar refractivity (Wildman–Crippen MR) is 73.8 cm³/mol. The lowest BCUT2D eigenvalue weighted by Crippen LogP contribution is -2.54. The second kappa shape index (κ2) is 7.74. The molecule has 4 nitrogen and oxygen atoms in total. The Kier molecular flexibility index (Phi) is 6.65. The number of hydrogen-bond acceptors (Lipinski definition) is 3. The Morgan fingerprint density at radius 2 is 1.72 bits per heavy atom. The van der Waals surface area contributed by atoms with Crippen molar-refractivity contribution in [1.29, 1.82) is 0 Å². The van der Waals surface area contributed by atoms with Gasteiger partial charge in [-0.15, -0.1) is 0 Å². The summed E-state index contributed by atoms with van der Waals surface area (Å²) < 4.78 is 0. The molecule has 1 aliphatic heterocycles. The molecule has 106 valence electrons. The molecule has 1 rings (SSSR count). The highest BCUT2D eigenvalue weighted by Gasteiger charge is 2.27. The fourth-order valence-electron chi connectivity index (χ4n) is 2.73. The molecule has 1 N–H and O–H groups in total. The van der Waals surface area contributed by atoms with Crippen molar-refractivity contribution in [1.82, 2.24) is 9.80 Å². The number of piperazine rings is 1. The molecule has 0 saturated carbocycles. The second-order valence-corrected chi connectivity index (χ2v) is 5.29. The topological polar surface area (TPSA) is 43.8 Å². The van der Waals surface area contributed by atoms with E-state index in [-0.39, 0.29) is 6.04 Å². The number of aliphatic carboxylic acids is 1. The van der Waals surface area contributed by atoms with Crippen molar-refractivity contribution in [2.75, 3.05) is 26.2 Å². The highest BCUT2D eigenvalue weighted by molar-refractivity contribution is 5.72. The van der Waals surface area contributed by atoms with E-state index in [9.17, 15) is 4.79 Å². The molecule has 0 aromatic heterocycles. The van der Waals surface area contributed by atoms with Gasteiger partial charge < -0.3 is 5.11 Å². The highest BCUT2D eigenvalue weighted by Crippen LogP contribution is 2.16. The van der Waals surface area contributed by atoms with Crippen molar-refractivity contribution >= 4 is 5.97 Å². The van der Waals surface area contributed by atoms with Gasteiger partial charge in [0.1, 0.15) is 6.04 Å². The van der Waals surface area contributed by atoms with Gasteiger partial charge in [0, 0.05) is 32.2 Å². The number of carbonyl (C=O) groups is 1. The number of unbranched alkanes of at least 4 members (excludes halogenated alkanes) is 1. The smallest absolute Gasteiger partial charge is 0.320 e. The maximum absolute atomic E-state index is 11.0. The first-order valence-electron chi connectivity index (χ1n) is 7.31. The summed E-state index contributed by atoms with van der Waals surface area (Å²) >= 11 is 0. The number of hydrogen-bond donors (Lipinski definition) is 1. The molecule has 1 heterocycles. The van der Waals surface area contributed by atoms with Crippen molar-refractivity contribution in [3.63, 3.8) is 0 Å². The molecule has 0 bridgehead atoms. The van der Waals surface area contributed by atoms with Gasteiger partial charge in [-0.25, -0.2) is 0 Å². The molecule has 1 aliphatic rings. The Morgan fingerprint density at radius 3 is 2.17 bits per heavy atom. The van der Waals surface area contributed by atoms with E-state index in [1.165, 1.54) is 25.7 Å². The zero-order valence-corrected chi connectivity index (χ0v) is 12.1. The molecule has 1 saturated heterocycles. The van der Waals surface area contributed by atoms with Gasteiger partial charge in [0.25, 0.3) is 0 Å². The van der Waals surface area contributed by atoms with Crippen LogP contribution in [0.2, 0.25) is 0 Å². The molecular formula is C14H28N2O2. The van der Waals surface area contributed by atoms with Gasteiger partial charge in [-0.1, -0.05) is 26.7 Å². The molecule has 2 unspecified atom stereocenters. The van der Waals surface area contributed by atoms with E-state index < -0.39 is 5.97 Å². The third-order valence-corrected chi connectivity index (χ3v) is 4.13. The maximum atomic E-state index is 11.0. The lowest BCUT2D eigenvalue weighted by Gasteiger charge is -2.40. The summed E-state index contributed by atoms with van der Waals surface area (Å²) in [5.41, 5.74) is 0. The third-order valence-electron chi connectivity index (χ3n) is 4.13. The first-order valence-corrected chi connectivity index (χ1v) is 7.31. The van der Waals surface area contributed by atoms with Crippen LogP contribution in [0.4, 0.5) is 0 Å². The van der Waals surface area contributed by atoms with E-state index in [4.69, 9.17) is 5.11 Å². The van der Waals surface area contributed by atoms with Gasteiger partial charge >= 0.3 is 5.97 Å². The molecule has 1 fully saturated rings. The zero-order chi connectivity index (χ0) is 13.5. The van der Waals surface area contributed by atoms with E-state index in [1.54, 1.807) is 6.92 Å². The lowest BCUT2D eigenvalue weighted by atomic mass is 10.0. The summed E-state index contributed by atoms with van der Waals surface area (Å²) in [6.07, 6.45) is 5.03. The SMILES string of the molecule is CCCCC(CC)N1CCN(C(C)C(=O)O)CC1. The van der Waals surface area contributed by atoms with Crippen LogP contribution in [0.5, 0.6) is 0 Å². The minimum atomic E-state index is -0.707. The standard InChI is InChI=1S/C14H28N2O2/c1-4-6-7-13(5-2)16-10-8-15(9-11-16)12(3)14(17)18/h12-13H,4-11H2,1-3H3,(H,17,18). The summed E-state index contributed by atoms with van der Waals surface area (Å²) in [5, 5.41) is 9.02. The Morgan fingerprint density at radius 1 is 1.17 bits per heavy atom. The fourth-order valence-corrected chi connectivity index (χ4v) is 2.73. The molecule has 4 heteroatoms. The van der Waals surface area contributed by atoms with Gasteiger partial charge in [0.15, 0.2) is 0 Å². The molecule has 18 heavy (non-hydrogen) atoms. The average molecular weight is 256 g/mol. The molecule has 2 atom stereocenters. The van der Waals surface area contributed by atoms with Crippen LogP contribution in [0, 0.1) is 0 Å². The van der Waals surface area contributed by atoms with E-state index in [0.29, 0.717) is 6.04 Å². The molecule has 0 spiro atoms. The molecule has 0 amide bonds. The summed E-state index contributed by atoms with van der Waals surface area (Å²) in [5.74, 6) is -0.707. The van der Waals surface area contributed by atoms with Gasteiger partial charge in [0.05, 0.1) is 0 Å². The Bertz CT molecular complexity index is 250. The van der Waals surface area contributed by atoms with E-state index >= 15 is 0 Å². The van der Waals surface area contributed by atoms with Crippen LogP contribution >= 0.6 is 0 Å². The van der Waals surface area contributed by atoms with Crippen LogP contribution in [0.25, 0.3) is 0 Å². The van der Waals surface area contributed by atoms with Crippen LogP contribution < -0.4 is 0 Å². The quantitative estimate of drug-likeness (QED) is 0.757. The van der Waals surface area contributed by atoms with Crippen LogP contribution in [0.15, 0.2) is 0 Å². The summed E-state index contributed by atoms with van der Waals surface area (Å²) in [7, 11) is 0. The van der Waals surface area contributed by atoms with Crippen LogP contribution in [0.3, 0.4) is 0 Å². The second-order valence-electron chi connectivity index (χ2n) is 5.29. The van der Waals surface area contributed by atoms with Crippen molar-refractivity contribution in [3.05, 3.63) is 0 Å². The van der Waals surface area contributed by atoms with E-state index in [1.807, 2.05) is 0 Å². The molecule has 0 radical (unpaired) electrons. The van der Waals surface area contributed by atoms with Crippen molar-refractivity contribution in [3.8, 4) is 0 Å². The maximum Gasteiger partial charge on any atom is 0.320 e. The highest BCUT2D eigenvalue weighted by atomic mass is 16.4. The van der Waals surface area contributed by atoms with Gasteiger partial charge in [-0.2, -0.15) is 0 Å². The van der Waals surface area contributed by atoms with E-state index in [2.05, 4.69) is 23.6 Å². The van der Waals surface area contributed by atoms with Crippen molar-refractivity contribution in [2.45, 2.75) is 58.5 Å². The molecular weight excluding hydrogens is 228 g/mol. The minimum Gasteiger partial charge on any atom is -0.480 e. The number of carboxylic acids is 1. The summed E-state index contributed by atoms with van der Waals surface area (Å²) in [6, 6.07) is 0.343. The summed E-state index contributed by atoms with van der Waals surface area (Å²) in [4.78, 5) is 15.6. The van der Waals surface area contributed by atoms with E-state index in [0.717, 1.165) is 26.2 Å². The first-order chi connectivity index (χ1) is 8.60. The van der Waals surface area contributed by atoms with Crippen LogP contribution in [-0.2, 0) is 4.79 Å². The third kappa shape index (κ3) is 4.25. The normalized spacial score (nSPS) is 21.7. The zero-order valence-electron chi connectivity index (χ0n) is 12.1. The van der Waals surface area contributed by atoms with Gasteiger partial charge in [-0.3, -0.25) is 14.6 Å². The monoisotopic (exact) mass is 256 g/mol. The molecule has 0 aromatic carbocycles. The van der Waals surface area contributed by atoms with Crippen LogP contribution in [0.1, 0.15) is 46.5 Å². The Balaban J connectivity index is 2.39. The Hall–Kier alpha value is -0.610.